The van der Waals surface area contributed by atoms with Crippen molar-refractivity contribution in [2.24, 2.45) is 0 Å². The monoisotopic (exact) mass is 322 g/mol. The van der Waals surface area contributed by atoms with Gasteiger partial charge in [-0.1, -0.05) is 11.8 Å². The first-order valence-corrected chi connectivity index (χ1v) is 7.19. The predicted octanol–water partition coefficient (Wildman–Crippen LogP) is 1.88. The van der Waals surface area contributed by atoms with E-state index in [1.54, 1.807) is 49.0 Å². The van der Waals surface area contributed by atoms with E-state index in [2.05, 4.69) is 32.3 Å². The van der Waals surface area contributed by atoms with E-state index < -0.39 is 0 Å². The van der Waals surface area contributed by atoms with Crippen molar-refractivity contribution in [1.29, 1.82) is 0 Å². The molecule has 0 aliphatic heterocycles. The molecule has 0 bridgehead atoms. The fraction of sp³-hybridized carbons (Fsp3) is 0.118. The number of aromatic amines is 1. The fourth-order valence-corrected chi connectivity index (χ4v) is 1.88. The minimum Gasteiger partial charge on any atom is -0.479 e. The van der Waals surface area contributed by atoms with E-state index in [-0.39, 0.29) is 24.8 Å². The van der Waals surface area contributed by atoms with Gasteiger partial charge in [0.05, 0.1) is 19.0 Å². The summed E-state index contributed by atoms with van der Waals surface area (Å²) in [6.45, 7) is 0.435. The number of carbonyl (C=O) groups is 1. The normalized spacial score (nSPS) is 9.83. The van der Waals surface area contributed by atoms with Crippen molar-refractivity contribution in [2.75, 3.05) is 13.2 Å². The molecule has 0 aliphatic rings. The van der Waals surface area contributed by atoms with Crippen molar-refractivity contribution in [3.8, 4) is 29.0 Å². The molecule has 3 heterocycles. The van der Waals surface area contributed by atoms with Crippen molar-refractivity contribution < 1.29 is 13.9 Å². The zero-order valence-corrected chi connectivity index (χ0v) is 12.7. The van der Waals surface area contributed by atoms with Crippen molar-refractivity contribution in [3.05, 3.63) is 54.7 Å². The highest BCUT2D eigenvalue weighted by Gasteiger charge is 2.11. The van der Waals surface area contributed by atoms with E-state index in [1.165, 1.54) is 0 Å². The summed E-state index contributed by atoms with van der Waals surface area (Å²) in [7, 11) is 0. The number of carbonyl (C=O) groups excluding carboxylic acids is 1. The Morgan fingerprint density at radius 2 is 2.29 bits per heavy atom. The fourth-order valence-electron chi connectivity index (χ4n) is 1.88. The van der Waals surface area contributed by atoms with E-state index >= 15 is 0 Å². The van der Waals surface area contributed by atoms with Crippen LogP contribution < -0.4 is 10.1 Å². The van der Waals surface area contributed by atoms with Gasteiger partial charge in [0.25, 0.3) is 5.91 Å². The van der Waals surface area contributed by atoms with Crippen molar-refractivity contribution in [3.63, 3.8) is 0 Å². The molecule has 120 valence electrons. The average Bonchev–Trinajstić information content (AvgIpc) is 3.29. The lowest BCUT2D eigenvalue weighted by atomic mass is 10.3. The molecule has 0 aliphatic carbocycles. The topological polar surface area (TPSA) is 93.0 Å². The first-order valence-electron chi connectivity index (χ1n) is 7.19. The maximum atomic E-state index is 12.0. The van der Waals surface area contributed by atoms with Crippen molar-refractivity contribution >= 4 is 5.91 Å². The highest BCUT2D eigenvalue weighted by Crippen LogP contribution is 2.17. The molecule has 0 radical (unpaired) electrons. The second-order valence-corrected chi connectivity index (χ2v) is 4.66. The zero-order chi connectivity index (χ0) is 16.6. The Labute approximate surface area is 138 Å². The summed E-state index contributed by atoms with van der Waals surface area (Å²) in [5, 5.41) is 9.36. The summed E-state index contributed by atoms with van der Waals surface area (Å²) in [5.41, 5.74) is 0.913. The molecule has 24 heavy (non-hydrogen) atoms. The first kappa shape index (κ1) is 15.4. The molecule has 7 nitrogen and oxygen atoms in total. The summed E-state index contributed by atoms with van der Waals surface area (Å²) in [5.74, 6) is 6.57. The SMILES string of the molecule is O=C(NCC#CCOc1cccnc1)c1cc(-c2ccco2)[nH]n1. The lowest BCUT2D eigenvalue weighted by molar-refractivity contribution is 0.0953. The number of amides is 1. The van der Waals surface area contributed by atoms with Crippen LogP contribution in [0.25, 0.3) is 11.5 Å². The zero-order valence-electron chi connectivity index (χ0n) is 12.7. The third-order valence-corrected chi connectivity index (χ3v) is 3.00. The van der Waals surface area contributed by atoms with Gasteiger partial charge in [0.1, 0.15) is 18.1 Å². The Balaban J connectivity index is 1.44. The number of ether oxygens (including phenoxy) is 1. The van der Waals surface area contributed by atoms with Gasteiger partial charge in [-0.15, -0.1) is 0 Å². The van der Waals surface area contributed by atoms with Gasteiger partial charge in [-0.25, -0.2) is 0 Å². The molecule has 0 saturated heterocycles. The largest absolute Gasteiger partial charge is 0.479 e. The lowest BCUT2D eigenvalue weighted by Crippen LogP contribution is -2.24. The van der Waals surface area contributed by atoms with Gasteiger partial charge in [-0.3, -0.25) is 14.9 Å². The van der Waals surface area contributed by atoms with Crippen LogP contribution in [0.5, 0.6) is 5.75 Å². The molecule has 0 saturated carbocycles. The predicted molar refractivity (Wildman–Crippen MR) is 86.1 cm³/mol. The third-order valence-electron chi connectivity index (χ3n) is 3.00. The molecule has 3 aromatic heterocycles. The molecule has 0 spiro atoms. The van der Waals surface area contributed by atoms with Crippen LogP contribution in [0.4, 0.5) is 0 Å². The number of rotatable bonds is 5. The van der Waals surface area contributed by atoms with E-state index in [9.17, 15) is 4.79 Å². The number of nitrogens with zero attached hydrogens (tertiary/aromatic N) is 2. The molecule has 3 rings (SSSR count). The van der Waals surface area contributed by atoms with Gasteiger partial charge in [0.15, 0.2) is 11.5 Å². The van der Waals surface area contributed by atoms with Crippen LogP contribution in [-0.2, 0) is 0 Å². The molecule has 3 aromatic rings. The number of pyridine rings is 1. The summed E-state index contributed by atoms with van der Waals surface area (Å²) >= 11 is 0. The Morgan fingerprint density at radius 3 is 3.08 bits per heavy atom. The van der Waals surface area contributed by atoms with Gasteiger partial charge in [-0.2, -0.15) is 5.10 Å². The highest BCUT2D eigenvalue weighted by molar-refractivity contribution is 5.93. The minimum absolute atomic E-state index is 0.207. The number of H-pyrrole nitrogens is 1. The number of furan rings is 1. The number of nitrogens with one attached hydrogen (secondary N) is 2. The molecule has 1 amide bonds. The van der Waals surface area contributed by atoms with Crippen LogP contribution in [0.1, 0.15) is 10.5 Å². The Morgan fingerprint density at radius 1 is 1.33 bits per heavy atom. The Hall–Kier alpha value is -3.53. The number of hydrogen-bond acceptors (Lipinski definition) is 5. The molecule has 0 aromatic carbocycles. The summed E-state index contributed by atoms with van der Waals surface area (Å²) in [6, 6.07) is 8.74. The van der Waals surface area contributed by atoms with Crippen LogP contribution in [0.3, 0.4) is 0 Å². The third kappa shape index (κ3) is 4.01. The molecule has 0 atom stereocenters. The van der Waals surface area contributed by atoms with Crippen LogP contribution in [0.2, 0.25) is 0 Å². The van der Waals surface area contributed by atoms with Crippen LogP contribution in [0, 0.1) is 11.8 Å². The second kappa shape index (κ2) is 7.65. The van der Waals surface area contributed by atoms with E-state index in [4.69, 9.17) is 9.15 Å². The molecule has 0 unspecified atom stereocenters. The maximum Gasteiger partial charge on any atom is 0.272 e. The average molecular weight is 322 g/mol. The number of aromatic nitrogens is 3. The van der Waals surface area contributed by atoms with E-state index in [0.717, 1.165) is 0 Å². The molecule has 7 heteroatoms. The molecular formula is C17H14N4O3. The second-order valence-electron chi connectivity index (χ2n) is 4.66. The maximum absolute atomic E-state index is 12.0. The summed E-state index contributed by atoms with van der Waals surface area (Å²) in [4.78, 5) is 15.9. The van der Waals surface area contributed by atoms with Crippen LogP contribution >= 0.6 is 0 Å². The van der Waals surface area contributed by atoms with E-state index in [0.29, 0.717) is 17.2 Å². The van der Waals surface area contributed by atoms with Gasteiger partial charge in [0, 0.05) is 12.3 Å². The lowest BCUT2D eigenvalue weighted by Gasteiger charge is -1.99. The van der Waals surface area contributed by atoms with Crippen molar-refractivity contribution in [2.45, 2.75) is 0 Å². The van der Waals surface area contributed by atoms with Gasteiger partial charge in [0.2, 0.25) is 0 Å². The van der Waals surface area contributed by atoms with Crippen LogP contribution in [0.15, 0.2) is 53.4 Å². The number of hydrogen-bond donors (Lipinski definition) is 2. The van der Waals surface area contributed by atoms with Gasteiger partial charge in [-0.05, 0) is 24.3 Å². The van der Waals surface area contributed by atoms with E-state index in [1.807, 2.05) is 0 Å². The van der Waals surface area contributed by atoms with Gasteiger partial charge >= 0.3 is 0 Å². The highest BCUT2D eigenvalue weighted by atomic mass is 16.5. The summed E-state index contributed by atoms with van der Waals surface area (Å²) < 4.78 is 10.6. The first-order chi connectivity index (χ1) is 11.8. The Kier molecular flexibility index (Phi) is 4.90. The molecule has 2 N–H and O–H groups in total. The van der Waals surface area contributed by atoms with Crippen LogP contribution in [-0.4, -0.2) is 34.2 Å². The molecular weight excluding hydrogens is 308 g/mol. The quantitative estimate of drug-likeness (QED) is 0.700. The molecule has 0 fully saturated rings. The van der Waals surface area contributed by atoms with Crippen molar-refractivity contribution in [1.82, 2.24) is 20.5 Å². The Bertz CT molecular complexity index is 845. The smallest absolute Gasteiger partial charge is 0.272 e. The van der Waals surface area contributed by atoms with Gasteiger partial charge < -0.3 is 14.5 Å². The summed E-state index contributed by atoms with van der Waals surface area (Å²) in [6.07, 6.45) is 4.83. The minimum atomic E-state index is -0.313. The standard InChI is InChI=1S/C17H14N4O3/c22-17(15-11-14(20-21-15)16-6-4-10-24-16)19-8-1-2-9-23-13-5-3-7-18-12-13/h3-7,10-12H,8-9H2,(H,19,22)(H,20,21).